The first-order valence-corrected chi connectivity index (χ1v) is 12.8. The smallest absolute Gasteiger partial charge is 0.303 e. The fraction of sp³-hybridized carbons (Fsp3) is 0.500. The van der Waals surface area contributed by atoms with Crippen molar-refractivity contribution in [3.05, 3.63) is 28.7 Å². The van der Waals surface area contributed by atoms with Crippen molar-refractivity contribution in [2.45, 2.75) is 32.6 Å². The summed E-state index contributed by atoms with van der Waals surface area (Å²) in [7, 11) is 0. The van der Waals surface area contributed by atoms with E-state index in [-0.39, 0.29) is 24.8 Å². The number of carboxylic acids is 1. The van der Waals surface area contributed by atoms with Crippen LogP contribution in [0.2, 0.25) is 0 Å². The van der Waals surface area contributed by atoms with Crippen LogP contribution in [0.5, 0.6) is 11.5 Å². The zero-order chi connectivity index (χ0) is 25.2. The Morgan fingerprint density at radius 2 is 1.94 bits per heavy atom. The Labute approximate surface area is 214 Å². The molecule has 11 heteroatoms. The first-order chi connectivity index (χ1) is 16.9. The molecule has 0 radical (unpaired) electrons. The molecule has 1 aromatic rings. The Morgan fingerprint density at radius 1 is 1.17 bits per heavy atom. The predicted octanol–water partition coefficient (Wildman–Crippen LogP) is 3.17. The molecule has 0 unspecified atom stereocenters. The molecule has 0 atom stereocenters. The average Bonchev–Trinajstić information content (AvgIpc) is 3.11. The summed E-state index contributed by atoms with van der Waals surface area (Å²) in [4.78, 5) is 39.6. The van der Waals surface area contributed by atoms with E-state index in [0.29, 0.717) is 73.0 Å². The van der Waals surface area contributed by atoms with E-state index in [0.717, 1.165) is 12.0 Å². The molecular formula is C24H30N2O7S2. The van der Waals surface area contributed by atoms with Crippen LogP contribution in [-0.2, 0) is 19.1 Å². The summed E-state index contributed by atoms with van der Waals surface area (Å²) in [5, 5.41) is 8.73. The second-order valence-corrected chi connectivity index (χ2v) is 9.63. The van der Waals surface area contributed by atoms with E-state index in [1.165, 1.54) is 11.8 Å². The lowest BCUT2D eigenvalue weighted by Gasteiger charge is -2.26. The molecule has 0 saturated carbocycles. The number of thiocarbonyl (C=S) groups is 1. The Balaban J connectivity index is 1.61. The van der Waals surface area contributed by atoms with E-state index in [4.69, 9.17) is 31.5 Å². The van der Waals surface area contributed by atoms with Crippen molar-refractivity contribution in [2.24, 2.45) is 0 Å². The molecule has 2 saturated heterocycles. The van der Waals surface area contributed by atoms with Crippen LogP contribution in [-0.4, -0.2) is 83.1 Å². The molecule has 2 aliphatic rings. The van der Waals surface area contributed by atoms with Crippen molar-refractivity contribution in [3.63, 3.8) is 0 Å². The summed E-state index contributed by atoms with van der Waals surface area (Å²) < 4.78 is 17.2. The van der Waals surface area contributed by atoms with Gasteiger partial charge in [-0.1, -0.05) is 36.5 Å². The lowest BCUT2D eigenvalue weighted by molar-refractivity contribution is -0.138. The average molecular weight is 523 g/mol. The molecule has 2 amide bonds. The Hall–Kier alpha value is -2.63. The van der Waals surface area contributed by atoms with Crippen LogP contribution < -0.4 is 9.47 Å². The van der Waals surface area contributed by atoms with Crippen LogP contribution in [0.15, 0.2) is 23.1 Å². The third-order valence-corrected chi connectivity index (χ3v) is 6.80. The highest BCUT2D eigenvalue weighted by Gasteiger charge is 2.31. The molecule has 190 valence electrons. The summed E-state index contributed by atoms with van der Waals surface area (Å²) in [5.74, 6) is -0.131. The lowest BCUT2D eigenvalue weighted by atomic mass is 10.1. The van der Waals surface area contributed by atoms with E-state index in [2.05, 4.69) is 0 Å². The normalized spacial score (nSPS) is 17.2. The third kappa shape index (κ3) is 7.94. The maximum Gasteiger partial charge on any atom is 0.303 e. The van der Waals surface area contributed by atoms with Gasteiger partial charge in [0.25, 0.3) is 11.8 Å². The van der Waals surface area contributed by atoms with Gasteiger partial charge in [0, 0.05) is 26.1 Å². The van der Waals surface area contributed by atoms with Crippen molar-refractivity contribution >= 4 is 52.2 Å². The molecule has 0 spiro atoms. The van der Waals surface area contributed by atoms with Gasteiger partial charge >= 0.3 is 5.97 Å². The van der Waals surface area contributed by atoms with Gasteiger partial charge in [-0.2, -0.15) is 0 Å². The quantitative estimate of drug-likeness (QED) is 0.252. The van der Waals surface area contributed by atoms with Gasteiger partial charge in [-0.3, -0.25) is 19.3 Å². The van der Waals surface area contributed by atoms with Crippen LogP contribution in [0.25, 0.3) is 6.08 Å². The standard InChI is InChI=1S/C24H30N2O7S2/c1-2-32-19-14-17(7-8-18(19)33-16-21(27)25-10-12-31-13-11-25)15-20-23(30)26(24(34)35-20)9-5-3-4-6-22(28)29/h7-8,14-15H,2-6,9-13,16H2,1H3,(H,28,29)/b20-15+. The van der Waals surface area contributed by atoms with Gasteiger partial charge in [-0.15, -0.1) is 0 Å². The zero-order valence-electron chi connectivity index (χ0n) is 19.7. The lowest BCUT2D eigenvalue weighted by Crippen LogP contribution is -2.43. The summed E-state index contributed by atoms with van der Waals surface area (Å²) in [6.07, 6.45) is 3.87. The molecule has 2 fully saturated rings. The van der Waals surface area contributed by atoms with Crippen molar-refractivity contribution in [3.8, 4) is 11.5 Å². The molecule has 9 nitrogen and oxygen atoms in total. The highest BCUT2D eigenvalue weighted by atomic mass is 32.2. The number of rotatable bonds is 12. The number of hydrogen-bond acceptors (Lipinski definition) is 8. The highest BCUT2D eigenvalue weighted by molar-refractivity contribution is 8.26. The van der Waals surface area contributed by atoms with E-state index in [1.807, 2.05) is 6.92 Å². The number of carbonyl (C=O) groups excluding carboxylic acids is 2. The summed E-state index contributed by atoms with van der Waals surface area (Å²) in [6, 6.07) is 5.30. The molecule has 1 N–H and O–H groups in total. The minimum absolute atomic E-state index is 0.0927. The first-order valence-electron chi connectivity index (χ1n) is 11.6. The molecule has 3 rings (SSSR count). The maximum absolute atomic E-state index is 12.8. The van der Waals surface area contributed by atoms with Crippen molar-refractivity contribution in [1.82, 2.24) is 9.80 Å². The number of aliphatic carboxylic acids is 1. The molecule has 0 bridgehead atoms. The van der Waals surface area contributed by atoms with Gasteiger partial charge < -0.3 is 24.2 Å². The topological polar surface area (TPSA) is 106 Å². The van der Waals surface area contributed by atoms with Gasteiger partial charge in [-0.05, 0) is 43.5 Å². The fourth-order valence-electron chi connectivity index (χ4n) is 3.61. The number of amides is 2. The summed E-state index contributed by atoms with van der Waals surface area (Å²) in [5.41, 5.74) is 0.752. The van der Waals surface area contributed by atoms with Crippen LogP contribution in [0.1, 0.15) is 38.2 Å². The second kappa shape index (κ2) is 13.5. The SMILES string of the molecule is CCOc1cc(/C=C2/SC(=S)N(CCCCCC(=O)O)C2=O)ccc1OCC(=O)N1CCOCC1. The number of carbonyl (C=O) groups is 3. The number of unbranched alkanes of at least 4 members (excludes halogenated alkanes) is 2. The van der Waals surface area contributed by atoms with Crippen molar-refractivity contribution < 1.29 is 33.7 Å². The number of thioether (sulfide) groups is 1. The van der Waals surface area contributed by atoms with Gasteiger partial charge in [0.15, 0.2) is 18.1 Å². The van der Waals surface area contributed by atoms with Crippen LogP contribution in [0.3, 0.4) is 0 Å². The van der Waals surface area contributed by atoms with E-state index in [1.54, 1.807) is 34.1 Å². The summed E-state index contributed by atoms with van der Waals surface area (Å²) in [6.45, 7) is 4.82. The van der Waals surface area contributed by atoms with E-state index in [9.17, 15) is 14.4 Å². The number of carboxylic acid groups (broad SMARTS) is 1. The molecule has 0 aromatic heterocycles. The Kier molecular flexibility index (Phi) is 10.4. The molecule has 2 aliphatic heterocycles. The molecule has 35 heavy (non-hydrogen) atoms. The van der Waals surface area contributed by atoms with Crippen LogP contribution in [0, 0.1) is 0 Å². The van der Waals surface area contributed by atoms with E-state index < -0.39 is 5.97 Å². The van der Waals surface area contributed by atoms with Crippen LogP contribution in [0.4, 0.5) is 0 Å². The predicted molar refractivity (Wildman–Crippen MR) is 136 cm³/mol. The Bertz CT molecular complexity index is 977. The number of morpholine rings is 1. The monoisotopic (exact) mass is 522 g/mol. The maximum atomic E-state index is 12.8. The van der Waals surface area contributed by atoms with Gasteiger partial charge in [0.05, 0.1) is 24.7 Å². The third-order valence-electron chi connectivity index (χ3n) is 5.43. The van der Waals surface area contributed by atoms with Gasteiger partial charge in [0.1, 0.15) is 4.32 Å². The minimum atomic E-state index is -0.815. The molecule has 2 heterocycles. The van der Waals surface area contributed by atoms with E-state index >= 15 is 0 Å². The number of benzene rings is 1. The Morgan fingerprint density at radius 3 is 2.66 bits per heavy atom. The number of nitrogens with zero attached hydrogens (tertiary/aromatic N) is 2. The molecule has 1 aromatic carbocycles. The van der Waals surface area contributed by atoms with Crippen LogP contribution >= 0.6 is 24.0 Å². The van der Waals surface area contributed by atoms with Gasteiger partial charge in [0.2, 0.25) is 0 Å². The van der Waals surface area contributed by atoms with Gasteiger partial charge in [-0.25, -0.2) is 0 Å². The highest BCUT2D eigenvalue weighted by Crippen LogP contribution is 2.35. The molecule has 0 aliphatic carbocycles. The number of hydrogen-bond donors (Lipinski definition) is 1. The second-order valence-electron chi connectivity index (χ2n) is 7.96. The van der Waals surface area contributed by atoms with Crippen molar-refractivity contribution in [1.29, 1.82) is 0 Å². The summed E-state index contributed by atoms with van der Waals surface area (Å²) >= 11 is 6.62. The fourth-order valence-corrected chi connectivity index (χ4v) is 4.92. The largest absolute Gasteiger partial charge is 0.490 e. The zero-order valence-corrected chi connectivity index (χ0v) is 21.3. The van der Waals surface area contributed by atoms with Crippen molar-refractivity contribution in [2.75, 3.05) is 46.1 Å². The molecular weight excluding hydrogens is 492 g/mol. The minimum Gasteiger partial charge on any atom is -0.490 e. The first kappa shape index (κ1) is 27.0. The number of ether oxygens (including phenoxy) is 3.